The molecule has 2 atom stereocenters. The van der Waals surface area contributed by atoms with Crippen LogP contribution in [0.2, 0.25) is 0 Å². The third-order valence-electron chi connectivity index (χ3n) is 6.30. The highest BCUT2D eigenvalue weighted by Crippen LogP contribution is 2.57. The smallest absolute Gasteiger partial charge is 0.228 e. The molecule has 1 aliphatic rings. The molecule has 140 valence electrons. The van der Waals surface area contributed by atoms with Gasteiger partial charge in [-0.25, -0.2) is 4.98 Å². The Morgan fingerprint density at radius 3 is 2.44 bits per heavy atom. The van der Waals surface area contributed by atoms with Crippen LogP contribution in [0.5, 0.6) is 0 Å². The fourth-order valence-corrected chi connectivity index (χ4v) is 4.76. The van der Waals surface area contributed by atoms with Crippen LogP contribution in [0.4, 0.5) is 0 Å². The summed E-state index contributed by atoms with van der Waals surface area (Å²) in [7, 11) is 5.46. The molecular weight excluding hydrogens is 334 g/mol. The summed E-state index contributed by atoms with van der Waals surface area (Å²) in [5, 5.41) is 0. The van der Waals surface area contributed by atoms with Crippen molar-refractivity contribution in [3.05, 3.63) is 16.1 Å². The SMILES string of the molecule is Cc1ncsc1CCN(C)C(=O)[C@@]1(C)CC[C@@H](C(=O)N(C)C)C1(C)C. The van der Waals surface area contributed by atoms with Crippen molar-refractivity contribution in [3.8, 4) is 0 Å². The van der Waals surface area contributed by atoms with E-state index < -0.39 is 5.41 Å². The second-order valence-electron chi connectivity index (χ2n) is 8.22. The quantitative estimate of drug-likeness (QED) is 0.806. The van der Waals surface area contributed by atoms with Gasteiger partial charge in [0.2, 0.25) is 11.8 Å². The molecule has 0 N–H and O–H groups in total. The average molecular weight is 366 g/mol. The van der Waals surface area contributed by atoms with Gasteiger partial charge in [0.05, 0.1) is 16.6 Å². The highest BCUT2D eigenvalue weighted by atomic mass is 32.1. The monoisotopic (exact) mass is 365 g/mol. The van der Waals surface area contributed by atoms with Crippen molar-refractivity contribution < 1.29 is 9.59 Å². The van der Waals surface area contributed by atoms with Crippen molar-refractivity contribution in [2.75, 3.05) is 27.7 Å². The molecule has 1 saturated carbocycles. The number of nitrogens with zero attached hydrogens (tertiary/aromatic N) is 3. The molecule has 0 radical (unpaired) electrons. The van der Waals surface area contributed by atoms with E-state index in [9.17, 15) is 9.59 Å². The van der Waals surface area contributed by atoms with E-state index in [0.29, 0.717) is 6.54 Å². The van der Waals surface area contributed by atoms with Gasteiger partial charge in [-0.05, 0) is 25.2 Å². The lowest BCUT2D eigenvalue weighted by atomic mass is 9.64. The number of rotatable bonds is 5. The number of likely N-dealkylation sites (N-methyl/N-ethyl adjacent to an activating group) is 1. The predicted octanol–water partition coefficient (Wildman–Crippen LogP) is 2.98. The van der Waals surface area contributed by atoms with Gasteiger partial charge in [0.15, 0.2) is 0 Å². The number of carbonyl (C=O) groups is 2. The molecule has 25 heavy (non-hydrogen) atoms. The van der Waals surface area contributed by atoms with Gasteiger partial charge in [-0.15, -0.1) is 11.3 Å². The number of carbonyl (C=O) groups excluding carboxylic acids is 2. The summed E-state index contributed by atoms with van der Waals surface area (Å²) in [6, 6.07) is 0. The minimum Gasteiger partial charge on any atom is -0.349 e. The Kier molecular flexibility index (Phi) is 5.62. The first kappa shape index (κ1) is 19.9. The highest BCUT2D eigenvalue weighted by Gasteiger charge is 2.58. The number of hydrogen-bond acceptors (Lipinski definition) is 4. The molecule has 1 aromatic heterocycles. The highest BCUT2D eigenvalue weighted by molar-refractivity contribution is 7.09. The molecule has 1 aliphatic carbocycles. The number of aromatic nitrogens is 1. The van der Waals surface area contributed by atoms with Crippen LogP contribution in [0.3, 0.4) is 0 Å². The third-order valence-corrected chi connectivity index (χ3v) is 7.30. The summed E-state index contributed by atoms with van der Waals surface area (Å²) in [6.45, 7) is 8.87. The molecule has 0 bridgehead atoms. The van der Waals surface area contributed by atoms with Crippen LogP contribution >= 0.6 is 11.3 Å². The van der Waals surface area contributed by atoms with Crippen molar-refractivity contribution in [1.82, 2.24) is 14.8 Å². The second-order valence-corrected chi connectivity index (χ2v) is 9.15. The van der Waals surface area contributed by atoms with Crippen LogP contribution in [0.25, 0.3) is 0 Å². The minimum atomic E-state index is -0.513. The van der Waals surface area contributed by atoms with Gasteiger partial charge in [-0.2, -0.15) is 0 Å². The Hall–Kier alpha value is -1.43. The molecule has 2 rings (SSSR count). The van der Waals surface area contributed by atoms with Crippen LogP contribution in [0.15, 0.2) is 5.51 Å². The summed E-state index contributed by atoms with van der Waals surface area (Å²) < 4.78 is 0. The molecule has 1 fully saturated rings. The maximum absolute atomic E-state index is 13.3. The van der Waals surface area contributed by atoms with Crippen LogP contribution in [0.1, 0.15) is 44.2 Å². The van der Waals surface area contributed by atoms with Gasteiger partial charge in [-0.3, -0.25) is 9.59 Å². The van der Waals surface area contributed by atoms with Crippen molar-refractivity contribution in [2.24, 2.45) is 16.7 Å². The zero-order chi connectivity index (χ0) is 19.0. The predicted molar refractivity (Wildman–Crippen MR) is 101 cm³/mol. The Balaban J connectivity index is 2.11. The van der Waals surface area contributed by atoms with Crippen molar-refractivity contribution in [1.29, 1.82) is 0 Å². The van der Waals surface area contributed by atoms with E-state index in [1.54, 1.807) is 30.3 Å². The normalized spacial score (nSPS) is 25.0. The fourth-order valence-electron chi connectivity index (χ4n) is 3.99. The molecule has 0 unspecified atom stereocenters. The van der Waals surface area contributed by atoms with Crippen molar-refractivity contribution in [2.45, 2.75) is 47.0 Å². The van der Waals surface area contributed by atoms with Gasteiger partial charge in [0.1, 0.15) is 0 Å². The summed E-state index contributed by atoms with van der Waals surface area (Å²) in [6.07, 6.45) is 2.36. The van der Waals surface area contributed by atoms with E-state index in [1.165, 1.54) is 4.88 Å². The first-order valence-electron chi connectivity index (χ1n) is 8.88. The molecule has 1 aromatic rings. The largest absolute Gasteiger partial charge is 0.349 e. The van der Waals surface area contributed by atoms with Gasteiger partial charge in [-0.1, -0.05) is 20.8 Å². The Morgan fingerprint density at radius 1 is 1.28 bits per heavy atom. The molecule has 0 spiro atoms. The van der Waals surface area contributed by atoms with Gasteiger partial charge < -0.3 is 9.80 Å². The molecule has 2 amide bonds. The minimum absolute atomic E-state index is 0.103. The number of aryl methyl sites for hydroxylation is 1. The third kappa shape index (κ3) is 3.46. The molecular formula is C19H31N3O2S. The maximum atomic E-state index is 13.3. The molecule has 6 heteroatoms. The van der Waals surface area contributed by atoms with Gasteiger partial charge in [0.25, 0.3) is 0 Å². The molecule has 1 heterocycles. The molecule has 0 saturated heterocycles. The van der Waals surface area contributed by atoms with E-state index in [0.717, 1.165) is 25.0 Å². The summed E-state index contributed by atoms with van der Waals surface area (Å²) in [4.78, 5) is 34.8. The number of thiazole rings is 1. The maximum Gasteiger partial charge on any atom is 0.228 e. The lowest BCUT2D eigenvalue weighted by molar-refractivity contribution is -0.149. The van der Waals surface area contributed by atoms with Crippen LogP contribution in [-0.2, 0) is 16.0 Å². The Morgan fingerprint density at radius 2 is 1.92 bits per heavy atom. The van der Waals surface area contributed by atoms with Crippen molar-refractivity contribution >= 4 is 23.2 Å². The zero-order valence-corrected chi connectivity index (χ0v) is 17.4. The fraction of sp³-hybridized carbons (Fsp3) is 0.737. The van der Waals surface area contributed by atoms with E-state index >= 15 is 0 Å². The summed E-state index contributed by atoms with van der Waals surface area (Å²) >= 11 is 1.64. The van der Waals surface area contributed by atoms with E-state index in [4.69, 9.17) is 0 Å². The first-order chi connectivity index (χ1) is 11.5. The summed E-state index contributed by atoms with van der Waals surface area (Å²) in [5.41, 5.74) is 2.03. The molecule has 5 nitrogen and oxygen atoms in total. The Labute approximate surface area is 155 Å². The topological polar surface area (TPSA) is 53.5 Å². The molecule has 0 aromatic carbocycles. The number of hydrogen-bond donors (Lipinski definition) is 0. The van der Waals surface area contributed by atoms with E-state index in [2.05, 4.69) is 18.8 Å². The van der Waals surface area contributed by atoms with E-state index in [1.807, 2.05) is 31.3 Å². The zero-order valence-electron chi connectivity index (χ0n) is 16.5. The average Bonchev–Trinajstić information content (AvgIpc) is 3.05. The standard InChI is InChI=1S/C19H31N3O2S/c1-13-15(25-12-20-13)9-11-22(7)17(24)19(4)10-8-14(18(19,2)3)16(23)21(5)6/h12,14H,8-11H2,1-7H3/t14-,19+/m0/s1. The lowest BCUT2D eigenvalue weighted by Gasteiger charge is -2.42. The Bertz CT molecular complexity index is 653. The molecule has 0 aliphatic heterocycles. The summed E-state index contributed by atoms with van der Waals surface area (Å²) in [5.74, 6) is 0.173. The van der Waals surface area contributed by atoms with E-state index in [-0.39, 0.29) is 23.1 Å². The van der Waals surface area contributed by atoms with Crippen molar-refractivity contribution in [3.63, 3.8) is 0 Å². The van der Waals surface area contributed by atoms with Crippen LogP contribution < -0.4 is 0 Å². The van der Waals surface area contributed by atoms with Crippen LogP contribution in [-0.4, -0.2) is 54.3 Å². The first-order valence-corrected chi connectivity index (χ1v) is 9.76. The van der Waals surface area contributed by atoms with Crippen LogP contribution in [0, 0.1) is 23.7 Å². The number of amides is 2. The van der Waals surface area contributed by atoms with Gasteiger partial charge >= 0.3 is 0 Å². The second kappa shape index (κ2) is 7.06. The van der Waals surface area contributed by atoms with Gasteiger partial charge in [0, 0.05) is 44.9 Å². The lowest BCUT2D eigenvalue weighted by Crippen LogP contribution is -2.50.